The highest BCUT2D eigenvalue weighted by Crippen LogP contribution is 2.42. The number of carbonyl (C=O) groups is 1. The summed E-state index contributed by atoms with van der Waals surface area (Å²) in [5.74, 6) is 0.307. The molecular formula is C15H13NO. The molecule has 0 bridgehead atoms. The molecule has 2 aliphatic rings. The number of fused-ring (bicyclic) bond motifs is 2. The quantitative estimate of drug-likeness (QED) is 0.672. The summed E-state index contributed by atoms with van der Waals surface area (Å²) in [6, 6.07) is 13.2. The van der Waals surface area contributed by atoms with Gasteiger partial charge in [0, 0.05) is 13.0 Å². The average Bonchev–Trinajstić information content (AvgIpc) is 2.73. The number of rotatable bonds is 0. The van der Waals surface area contributed by atoms with Crippen LogP contribution in [-0.2, 0) is 11.3 Å². The van der Waals surface area contributed by atoms with E-state index in [-0.39, 0.29) is 0 Å². The van der Waals surface area contributed by atoms with Crippen molar-refractivity contribution in [2.45, 2.75) is 25.4 Å². The fourth-order valence-electron chi connectivity index (χ4n) is 3.30. The molecule has 2 nitrogen and oxygen atoms in total. The predicted octanol–water partition coefficient (Wildman–Crippen LogP) is 3.02. The average molecular weight is 223 g/mol. The van der Waals surface area contributed by atoms with Crippen LogP contribution in [0.25, 0.3) is 10.8 Å². The number of hydrogen-bond donors (Lipinski definition) is 0. The predicted molar refractivity (Wildman–Crippen MR) is 66.5 cm³/mol. The van der Waals surface area contributed by atoms with E-state index in [1.54, 1.807) is 0 Å². The summed E-state index contributed by atoms with van der Waals surface area (Å²) in [4.78, 5) is 13.9. The molecule has 1 amide bonds. The van der Waals surface area contributed by atoms with Gasteiger partial charge < -0.3 is 4.90 Å². The minimum Gasteiger partial charge on any atom is -0.331 e. The van der Waals surface area contributed by atoms with Gasteiger partial charge in [0.05, 0.1) is 6.04 Å². The number of benzene rings is 2. The van der Waals surface area contributed by atoms with Gasteiger partial charge in [0.2, 0.25) is 5.91 Å². The Balaban J connectivity index is 2.05. The van der Waals surface area contributed by atoms with Gasteiger partial charge in [-0.2, -0.15) is 0 Å². The molecular weight excluding hydrogens is 210 g/mol. The molecule has 1 fully saturated rings. The zero-order chi connectivity index (χ0) is 11.4. The molecule has 84 valence electrons. The molecule has 2 aromatic carbocycles. The summed E-state index contributed by atoms with van der Waals surface area (Å²) in [6.45, 7) is 0.790. The Morgan fingerprint density at radius 3 is 2.82 bits per heavy atom. The summed E-state index contributed by atoms with van der Waals surface area (Å²) < 4.78 is 0. The maximum atomic E-state index is 11.9. The van der Waals surface area contributed by atoms with Gasteiger partial charge in [0.15, 0.2) is 0 Å². The Kier molecular flexibility index (Phi) is 1.68. The van der Waals surface area contributed by atoms with Crippen molar-refractivity contribution in [3.05, 3.63) is 47.5 Å². The van der Waals surface area contributed by atoms with Crippen molar-refractivity contribution >= 4 is 16.7 Å². The third kappa shape index (κ3) is 1.13. The molecule has 4 rings (SSSR count). The van der Waals surface area contributed by atoms with E-state index in [2.05, 4.69) is 36.4 Å². The molecule has 17 heavy (non-hydrogen) atoms. The standard InChI is InChI=1S/C15H13NO/c17-14-8-7-13-12-6-2-4-10-3-1-5-11(15(10)12)9-16(13)14/h1-6,13H,7-9H2. The van der Waals surface area contributed by atoms with E-state index >= 15 is 0 Å². The molecule has 1 atom stereocenters. The Labute approximate surface area is 99.8 Å². The first-order chi connectivity index (χ1) is 8.34. The maximum Gasteiger partial charge on any atom is 0.223 e. The lowest BCUT2D eigenvalue weighted by Gasteiger charge is -2.32. The van der Waals surface area contributed by atoms with Crippen LogP contribution in [0.15, 0.2) is 36.4 Å². The van der Waals surface area contributed by atoms with Gasteiger partial charge >= 0.3 is 0 Å². The lowest BCUT2D eigenvalue weighted by Crippen LogP contribution is -2.30. The van der Waals surface area contributed by atoms with Gasteiger partial charge in [0.25, 0.3) is 0 Å². The number of nitrogens with zero attached hydrogens (tertiary/aromatic N) is 1. The van der Waals surface area contributed by atoms with Crippen LogP contribution in [0.4, 0.5) is 0 Å². The summed E-state index contributed by atoms with van der Waals surface area (Å²) in [7, 11) is 0. The van der Waals surface area contributed by atoms with Crippen molar-refractivity contribution in [2.24, 2.45) is 0 Å². The minimum absolute atomic E-state index is 0.307. The lowest BCUT2D eigenvalue weighted by atomic mass is 9.90. The summed E-state index contributed by atoms with van der Waals surface area (Å²) in [5, 5.41) is 2.69. The zero-order valence-electron chi connectivity index (χ0n) is 9.52. The van der Waals surface area contributed by atoms with E-state index in [4.69, 9.17) is 0 Å². The van der Waals surface area contributed by atoms with Crippen molar-refractivity contribution < 1.29 is 4.79 Å². The molecule has 2 aliphatic heterocycles. The number of carbonyl (C=O) groups excluding carboxylic acids is 1. The first-order valence-corrected chi connectivity index (χ1v) is 6.14. The molecule has 2 heterocycles. The van der Waals surface area contributed by atoms with Gasteiger partial charge in [-0.15, -0.1) is 0 Å². The SMILES string of the molecule is O=C1CCC2c3cccc4cccc(c34)CN12. The molecule has 1 saturated heterocycles. The molecule has 2 heteroatoms. The molecule has 2 aromatic rings. The van der Waals surface area contributed by atoms with Gasteiger partial charge in [0.1, 0.15) is 0 Å². The van der Waals surface area contributed by atoms with Crippen LogP contribution in [0.2, 0.25) is 0 Å². The number of amides is 1. The second-order valence-electron chi connectivity index (χ2n) is 4.94. The van der Waals surface area contributed by atoms with E-state index in [1.165, 1.54) is 21.9 Å². The van der Waals surface area contributed by atoms with Crippen LogP contribution in [0.3, 0.4) is 0 Å². The topological polar surface area (TPSA) is 20.3 Å². The molecule has 0 aliphatic carbocycles. The maximum absolute atomic E-state index is 11.9. The Hall–Kier alpha value is -1.83. The molecule has 0 N–H and O–H groups in total. The first-order valence-electron chi connectivity index (χ1n) is 6.14. The van der Waals surface area contributed by atoms with Crippen LogP contribution < -0.4 is 0 Å². The molecule has 0 aromatic heterocycles. The van der Waals surface area contributed by atoms with Gasteiger partial charge in [-0.1, -0.05) is 36.4 Å². The third-order valence-electron chi connectivity index (χ3n) is 4.05. The third-order valence-corrected chi connectivity index (χ3v) is 4.05. The molecule has 0 saturated carbocycles. The van der Waals surface area contributed by atoms with E-state index < -0.39 is 0 Å². The van der Waals surface area contributed by atoms with Crippen molar-refractivity contribution in [2.75, 3.05) is 0 Å². The highest BCUT2D eigenvalue weighted by atomic mass is 16.2. The van der Waals surface area contributed by atoms with Crippen molar-refractivity contribution in [3.63, 3.8) is 0 Å². The lowest BCUT2D eigenvalue weighted by molar-refractivity contribution is -0.129. The van der Waals surface area contributed by atoms with Gasteiger partial charge in [-0.25, -0.2) is 0 Å². The second-order valence-corrected chi connectivity index (χ2v) is 4.94. The normalized spacial score (nSPS) is 22.0. The van der Waals surface area contributed by atoms with Gasteiger partial charge in [-0.3, -0.25) is 4.79 Å². The van der Waals surface area contributed by atoms with Gasteiger partial charge in [-0.05, 0) is 28.3 Å². The summed E-state index contributed by atoms with van der Waals surface area (Å²) in [6.07, 6.45) is 1.68. The van der Waals surface area contributed by atoms with Crippen LogP contribution in [-0.4, -0.2) is 10.8 Å². The van der Waals surface area contributed by atoms with Crippen LogP contribution in [0.5, 0.6) is 0 Å². The largest absolute Gasteiger partial charge is 0.331 e. The summed E-state index contributed by atoms with van der Waals surface area (Å²) in [5.41, 5.74) is 2.64. The van der Waals surface area contributed by atoms with Crippen molar-refractivity contribution in [3.8, 4) is 0 Å². The van der Waals surface area contributed by atoms with Crippen LogP contribution >= 0.6 is 0 Å². The molecule has 0 radical (unpaired) electrons. The Morgan fingerprint density at radius 2 is 1.94 bits per heavy atom. The fraction of sp³-hybridized carbons (Fsp3) is 0.267. The van der Waals surface area contributed by atoms with Crippen LogP contribution in [0.1, 0.15) is 30.0 Å². The number of hydrogen-bond acceptors (Lipinski definition) is 1. The Morgan fingerprint density at radius 1 is 1.12 bits per heavy atom. The van der Waals surface area contributed by atoms with Crippen LogP contribution in [0, 0.1) is 0 Å². The monoisotopic (exact) mass is 223 g/mol. The Bertz CT molecular complexity index is 627. The highest BCUT2D eigenvalue weighted by Gasteiger charge is 2.36. The fourth-order valence-corrected chi connectivity index (χ4v) is 3.30. The first kappa shape index (κ1) is 9.23. The van der Waals surface area contributed by atoms with E-state index in [0.717, 1.165) is 13.0 Å². The zero-order valence-corrected chi connectivity index (χ0v) is 9.52. The van der Waals surface area contributed by atoms with Crippen molar-refractivity contribution in [1.82, 2.24) is 4.90 Å². The van der Waals surface area contributed by atoms with E-state index in [1.807, 2.05) is 4.90 Å². The molecule has 1 unspecified atom stereocenters. The second kappa shape index (κ2) is 3.10. The van der Waals surface area contributed by atoms with Crippen molar-refractivity contribution in [1.29, 1.82) is 0 Å². The van der Waals surface area contributed by atoms with E-state index in [0.29, 0.717) is 18.4 Å². The van der Waals surface area contributed by atoms with E-state index in [9.17, 15) is 4.79 Å². The summed E-state index contributed by atoms with van der Waals surface area (Å²) >= 11 is 0. The minimum atomic E-state index is 0.307. The highest BCUT2D eigenvalue weighted by molar-refractivity contribution is 5.92. The molecule has 0 spiro atoms. The smallest absolute Gasteiger partial charge is 0.223 e.